The van der Waals surface area contributed by atoms with Crippen LogP contribution in [-0.4, -0.2) is 34.8 Å². The lowest BCUT2D eigenvalue weighted by Crippen LogP contribution is -2.26. The molecule has 0 radical (unpaired) electrons. The van der Waals surface area contributed by atoms with Crippen LogP contribution in [0.25, 0.3) is 0 Å². The summed E-state index contributed by atoms with van der Waals surface area (Å²) in [6.45, 7) is 18.3. The molecule has 0 aliphatic heterocycles. The van der Waals surface area contributed by atoms with Gasteiger partial charge in [0.2, 0.25) is 0 Å². The van der Waals surface area contributed by atoms with Gasteiger partial charge in [0.1, 0.15) is 0 Å². The molecule has 0 aromatic carbocycles. The van der Waals surface area contributed by atoms with Crippen molar-refractivity contribution in [2.24, 2.45) is 0 Å². The highest BCUT2D eigenvalue weighted by Crippen LogP contribution is 2.15. The third kappa shape index (κ3) is 13.1. The van der Waals surface area contributed by atoms with Crippen molar-refractivity contribution in [2.75, 3.05) is 26.2 Å². The number of halogens is 3. The normalized spacial score (nSPS) is 8.56. The first-order chi connectivity index (χ1) is 7.28. The van der Waals surface area contributed by atoms with E-state index in [2.05, 4.69) is 34.9 Å². The Balaban J connectivity index is -0.000000327. The predicted octanol–water partition coefficient (Wildman–Crippen LogP) is 3.36. The molecular weight excluding hydrogens is 261 g/mol. The van der Waals surface area contributed by atoms with Gasteiger partial charge in [-0.05, 0) is 0 Å². The van der Waals surface area contributed by atoms with Crippen molar-refractivity contribution < 1.29 is 14.1 Å². The van der Waals surface area contributed by atoms with E-state index in [9.17, 15) is 0 Å². The van der Waals surface area contributed by atoms with Crippen LogP contribution in [0.15, 0.2) is 50.6 Å². The second-order valence-electron chi connectivity index (χ2n) is 2.93. The first-order valence-corrected chi connectivity index (χ1v) is 5.63. The number of rotatable bonds is 10. The van der Waals surface area contributed by atoms with Crippen molar-refractivity contribution >= 4 is 12.1 Å². The van der Waals surface area contributed by atoms with Gasteiger partial charge in [-0.15, -0.1) is 26.3 Å². The van der Waals surface area contributed by atoms with Crippen LogP contribution in [0, 0.1) is 0 Å². The Morgan fingerprint density at radius 2 is 0.833 bits per heavy atom. The van der Waals surface area contributed by atoms with Crippen molar-refractivity contribution in [1.29, 1.82) is 0 Å². The van der Waals surface area contributed by atoms with Crippen molar-refractivity contribution in [3.05, 3.63) is 50.6 Å². The average Bonchev–Trinajstić information content (AvgIpc) is 2.19. The van der Waals surface area contributed by atoms with Crippen LogP contribution in [-0.2, 0) is 0 Å². The minimum absolute atomic E-state index is 0. The molecule has 0 fully saturated rings. The first-order valence-electron chi connectivity index (χ1n) is 4.90. The maximum absolute atomic E-state index is 3.73. The van der Waals surface area contributed by atoms with Gasteiger partial charge in [0.25, 0.3) is 0 Å². The van der Waals surface area contributed by atoms with Gasteiger partial charge in [0.15, 0.2) is 0 Å². The van der Waals surface area contributed by atoms with Gasteiger partial charge in [-0.1, -0.05) is 24.3 Å². The summed E-state index contributed by atoms with van der Waals surface area (Å²) in [6.07, 6.45) is 7.54. The zero-order valence-electron chi connectivity index (χ0n) is 10.5. The van der Waals surface area contributed by atoms with Crippen molar-refractivity contribution in [2.45, 2.75) is 0 Å². The summed E-state index contributed by atoms with van der Waals surface area (Å²) in [5.74, 6) is 0. The van der Waals surface area contributed by atoms with E-state index in [4.69, 9.17) is 0 Å². The average molecular weight is 284 g/mol. The molecule has 108 valence electrons. The van der Waals surface area contributed by atoms with Gasteiger partial charge in [0, 0.05) is 38.3 Å². The summed E-state index contributed by atoms with van der Waals surface area (Å²) in [7, 11) is 0. The third-order valence-electron chi connectivity index (χ3n) is 1.56. The molecule has 2 nitrogen and oxygen atoms in total. The number of hydrogen-bond donors (Lipinski definition) is 0. The molecular formula is C12H23F3N2S. The summed E-state index contributed by atoms with van der Waals surface area (Å²) in [4.78, 5) is 0. The molecule has 0 aromatic heterocycles. The van der Waals surface area contributed by atoms with Crippen LogP contribution in [0.3, 0.4) is 0 Å². The van der Waals surface area contributed by atoms with E-state index in [1.165, 1.54) is 0 Å². The van der Waals surface area contributed by atoms with Crippen molar-refractivity contribution in [3.8, 4) is 0 Å². The van der Waals surface area contributed by atoms with E-state index in [0.29, 0.717) is 0 Å². The Kier molecular flexibility index (Phi) is 26.3. The molecule has 0 rings (SSSR count). The highest BCUT2D eigenvalue weighted by atomic mass is 32.2. The summed E-state index contributed by atoms with van der Waals surface area (Å²) in [5, 5.41) is 0. The quantitative estimate of drug-likeness (QED) is 0.449. The second-order valence-corrected chi connectivity index (χ2v) is 4.13. The van der Waals surface area contributed by atoms with Gasteiger partial charge in [0.05, 0.1) is 0 Å². The first kappa shape index (κ1) is 25.8. The maximum atomic E-state index is 3.73. The number of hydrogen-bond acceptors (Lipinski definition) is 3. The summed E-state index contributed by atoms with van der Waals surface area (Å²) in [6, 6.07) is 0. The summed E-state index contributed by atoms with van der Waals surface area (Å²) < 4.78 is 4.35. The van der Waals surface area contributed by atoms with E-state index in [1.54, 1.807) is 12.1 Å². The molecule has 6 heteroatoms. The predicted molar refractivity (Wildman–Crippen MR) is 79.0 cm³/mol. The molecule has 18 heavy (non-hydrogen) atoms. The Labute approximate surface area is 112 Å². The molecule has 0 spiro atoms. The van der Waals surface area contributed by atoms with Crippen LogP contribution >= 0.6 is 12.1 Å². The maximum Gasteiger partial charge on any atom is 0.0283 e. The van der Waals surface area contributed by atoms with E-state index in [-0.39, 0.29) is 14.1 Å². The van der Waals surface area contributed by atoms with Crippen LogP contribution in [0.5, 0.6) is 0 Å². The van der Waals surface area contributed by atoms with Crippen molar-refractivity contribution in [3.63, 3.8) is 0 Å². The van der Waals surface area contributed by atoms with Crippen LogP contribution in [0.4, 0.5) is 14.1 Å². The van der Waals surface area contributed by atoms with Crippen LogP contribution < -0.4 is 0 Å². The molecule has 0 amide bonds. The lowest BCUT2D eigenvalue weighted by atomic mass is 10.5. The molecule has 0 aromatic rings. The van der Waals surface area contributed by atoms with Crippen LogP contribution in [0.1, 0.15) is 0 Å². The lowest BCUT2D eigenvalue weighted by molar-refractivity contribution is 0.504. The zero-order chi connectivity index (χ0) is 11.5. The molecule has 0 saturated carbocycles. The van der Waals surface area contributed by atoms with E-state index in [1.807, 2.05) is 24.3 Å². The fourth-order valence-electron chi connectivity index (χ4n) is 1.02. The molecule has 0 unspecified atom stereocenters. The molecule has 0 heterocycles. The Morgan fingerprint density at radius 1 is 0.611 bits per heavy atom. The Hall–Kier alpha value is -0.980. The molecule has 0 aliphatic rings. The minimum atomic E-state index is 0. The third-order valence-corrected chi connectivity index (χ3v) is 2.62. The number of nitrogens with zero attached hydrogens (tertiary/aromatic N) is 2. The second kappa shape index (κ2) is 18.4. The minimum Gasteiger partial charge on any atom is -0.269 e. The lowest BCUT2D eigenvalue weighted by Gasteiger charge is -2.25. The van der Waals surface area contributed by atoms with E-state index < -0.39 is 0 Å². The summed E-state index contributed by atoms with van der Waals surface area (Å²) >= 11 is 1.67. The largest absolute Gasteiger partial charge is 0.269 e. The SMILES string of the molecule is C=CCN(CC=C)SN(CC=C)CC=C.F.F.F. The molecule has 0 N–H and O–H groups in total. The highest BCUT2D eigenvalue weighted by Gasteiger charge is 2.07. The fourth-order valence-corrected chi connectivity index (χ4v) is 2.04. The molecule has 0 bridgehead atoms. The van der Waals surface area contributed by atoms with E-state index >= 15 is 0 Å². The molecule has 0 saturated heterocycles. The van der Waals surface area contributed by atoms with Gasteiger partial charge >= 0.3 is 0 Å². The topological polar surface area (TPSA) is 6.48 Å². The fraction of sp³-hybridized carbons (Fsp3) is 0.333. The van der Waals surface area contributed by atoms with Gasteiger partial charge in [-0.25, -0.2) is 8.61 Å². The van der Waals surface area contributed by atoms with Crippen molar-refractivity contribution in [1.82, 2.24) is 8.61 Å². The molecule has 0 atom stereocenters. The smallest absolute Gasteiger partial charge is 0.0283 e. The van der Waals surface area contributed by atoms with Gasteiger partial charge in [-0.2, -0.15) is 0 Å². The van der Waals surface area contributed by atoms with Crippen LogP contribution in [0.2, 0.25) is 0 Å². The highest BCUT2D eigenvalue weighted by molar-refractivity contribution is 7.94. The van der Waals surface area contributed by atoms with Gasteiger partial charge < -0.3 is 0 Å². The molecule has 0 aliphatic carbocycles. The standard InChI is InChI=1S/C12H20N2S.3FH/c1-5-9-13(10-6-2)15-14(11-7-3)12-8-4;;;/h5-8H,1-4,9-12H2;3*1H. The summed E-state index contributed by atoms with van der Waals surface area (Å²) in [5.41, 5.74) is 0. The Bertz CT molecular complexity index is 183. The monoisotopic (exact) mass is 284 g/mol. The van der Waals surface area contributed by atoms with E-state index in [0.717, 1.165) is 26.2 Å². The van der Waals surface area contributed by atoms with Gasteiger partial charge in [-0.3, -0.25) is 14.1 Å². The zero-order valence-corrected chi connectivity index (χ0v) is 11.3. The Morgan fingerprint density at radius 3 is 1.00 bits per heavy atom.